The van der Waals surface area contributed by atoms with Gasteiger partial charge in [-0.3, -0.25) is 0 Å². The maximum Gasteiger partial charge on any atom is 0.0703 e. The van der Waals surface area contributed by atoms with Gasteiger partial charge in [-0.25, -0.2) is 0 Å². The Balaban J connectivity index is 2.05. The lowest BCUT2D eigenvalue weighted by Crippen LogP contribution is -2.10. The van der Waals surface area contributed by atoms with E-state index in [1.807, 2.05) is 38.1 Å². The summed E-state index contributed by atoms with van der Waals surface area (Å²) in [5, 5.41) is 0. The standard InChI is InChI=1S/C13H21NO2/c1-11(2)16-10-9-15-8-7-12-3-5-13(14)6-4-12/h3-6,11H,7-10,14H2,1-2H3. The van der Waals surface area contributed by atoms with Gasteiger partial charge in [0.2, 0.25) is 0 Å². The number of rotatable bonds is 7. The van der Waals surface area contributed by atoms with Crippen LogP contribution >= 0.6 is 0 Å². The van der Waals surface area contributed by atoms with Crippen molar-refractivity contribution in [2.24, 2.45) is 0 Å². The summed E-state index contributed by atoms with van der Waals surface area (Å²) in [6.07, 6.45) is 1.20. The third-order valence-corrected chi connectivity index (χ3v) is 2.19. The number of nitrogens with two attached hydrogens (primary N) is 1. The van der Waals surface area contributed by atoms with Crippen LogP contribution in [0.25, 0.3) is 0 Å². The summed E-state index contributed by atoms with van der Waals surface area (Å²) >= 11 is 0. The van der Waals surface area contributed by atoms with E-state index in [1.165, 1.54) is 5.56 Å². The highest BCUT2D eigenvalue weighted by Crippen LogP contribution is 2.05. The first kappa shape index (κ1) is 13.0. The summed E-state index contributed by atoms with van der Waals surface area (Å²) in [6, 6.07) is 7.89. The molecule has 0 unspecified atom stereocenters. The Hall–Kier alpha value is -1.06. The van der Waals surface area contributed by atoms with Crippen LogP contribution in [0.3, 0.4) is 0 Å². The van der Waals surface area contributed by atoms with Gasteiger partial charge < -0.3 is 15.2 Å². The van der Waals surface area contributed by atoms with E-state index in [0.29, 0.717) is 13.2 Å². The molecule has 3 nitrogen and oxygen atoms in total. The van der Waals surface area contributed by atoms with Gasteiger partial charge in [0, 0.05) is 5.69 Å². The summed E-state index contributed by atoms with van der Waals surface area (Å²) in [6.45, 7) is 6.10. The number of anilines is 1. The predicted molar refractivity (Wildman–Crippen MR) is 66.5 cm³/mol. The van der Waals surface area contributed by atoms with Crippen molar-refractivity contribution in [2.45, 2.75) is 26.4 Å². The molecule has 3 heteroatoms. The van der Waals surface area contributed by atoms with Crippen LogP contribution in [0, 0.1) is 0 Å². The average molecular weight is 223 g/mol. The van der Waals surface area contributed by atoms with E-state index in [4.69, 9.17) is 15.2 Å². The molecule has 0 heterocycles. The fourth-order valence-corrected chi connectivity index (χ4v) is 1.32. The van der Waals surface area contributed by atoms with E-state index in [9.17, 15) is 0 Å². The van der Waals surface area contributed by atoms with Gasteiger partial charge >= 0.3 is 0 Å². The molecule has 0 saturated heterocycles. The minimum atomic E-state index is 0.278. The fraction of sp³-hybridized carbons (Fsp3) is 0.538. The minimum Gasteiger partial charge on any atom is -0.399 e. The van der Waals surface area contributed by atoms with Crippen molar-refractivity contribution < 1.29 is 9.47 Å². The molecule has 1 aromatic carbocycles. The van der Waals surface area contributed by atoms with Crippen LogP contribution in [0.5, 0.6) is 0 Å². The van der Waals surface area contributed by atoms with Crippen LogP contribution < -0.4 is 5.73 Å². The Bertz CT molecular complexity index is 282. The van der Waals surface area contributed by atoms with Gasteiger partial charge in [-0.15, -0.1) is 0 Å². The molecule has 0 aliphatic rings. The molecule has 2 N–H and O–H groups in total. The van der Waals surface area contributed by atoms with Gasteiger partial charge in [-0.2, -0.15) is 0 Å². The van der Waals surface area contributed by atoms with E-state index in [0.717, 1.165) is 18.7 Å². The Morgan fingerprint density at radius 2 is 1.75 bits per heavy atom. The van der Waals surface area contributed by atoms with Crippen molar-refractivity contribution >= 4 is 5.69 Å². The number of hydrogen-bond donors (Lipinski definition) is 1. The predicted octanol–water partition coefficient (Wildman–Crippen LogP) is 2.25. The molecule has 0 bridgehead atoms. The Morgan fingerprint density at radius 3 is 2.38 bits per heavy atom. The van der Waals surface area contributed by atoms with E-state index in [1.54, 1.807) is 0 Å². The lowest BCUT2D eigenvalue weighted by atomic mass is 10.1. The van der Waals surface area contributed by atoms with E-state index in [2.05, 4.69) is 0 Å². The summed E-state index contributed by atoms with van der Waals surface area (Å²) in [7, 11) is 0. The second-order valence-corrected chi connectivity index (χ2v) is 4.02. The van der Waals surface area contributed by atoms with Gasteiger partial charge in [0.05, 0.1) is 25.9 Å². The number of nitrogen functional groups attached to an aromatic ring is 1. The van der Waals surface area contributed by atoms with E-state index >= 15 is 0 Å². The molecule has 90 valence electrons. The SMILES string of the molecule is CC(C)OCCOCCc1ccc(N)cc1. The Kier molecular flexibility index (Phi) is 5.90. The molecule has 0 fully saturated rings. The van der Waals surface area contributed by atoms with Crippen molar-refractivity contribution in [3.8, 4) is 0 Å². The largest absolute Gasteiger partial charge is 0.399 e. The molecule has 0 aliphatic heterocycles. The van der Waals surface area contributed by atoms with Crippen LogP contribution in [0.4, 0.5) is 5.69 Å². The monoisotopic (exact) mass is 223 g/mol. The molecule has 0 spiro atoms. The van der Waals surface area contributed by atoms with Crippen LogP contribution in [0.1, 0.15) is 19.4 Å². The highest BCUT2D eigenvalue weighted by Gasteiger charge is 1.95. The average Bonchev–Trinajstić information content (AvgIpc) is 2.25. The van der Waals surface area contributed by atoms with Crippen molar-refractivity contribution in [1.29, 1.82) is 0 Å². The van der Waals surface area contributed by atoms with Gasteiger partial charge in [-0.05, 0) is 38.0 Å². The smallest absolute Gasteiger partial charge is 0.0703 e. The molecular formula is C13H21NO2. The second-order valence-electron chi connectivity index (χ2n) is 4.02. The summed E-state index contributed by atoms with van der Waals surface area (Å²) in [5.74, 6) is 0. The fourth-order valence-electron chi connectivity index (χ4n) is 1.32. The summed E-state index contributed by atoms with van der Waals surface area (Å²) < 4.78 is 10.8. The first-order chi connectivity index (χ1) is 7.68. The Labute approximate surface area is 97.6 Å². The number of ether oxygens (including phenoxy) is 2. The molecule has 1 rings (SSSR count). The third-order valence-electron chi connectivity index (χ3n) is 2.19. The lowest BCUT2D eigenvalue weighted by Gasteiger charge is -2.08. The highest BCUT2D eigenvalue weighted by molar-refractivity contribution is 5.39. The van der Waals surface area contributed by atoms with Crippen LogP contribution in [-0.2, 0) is 15.9 Å². The van der Waals surface area contributed by atoms with Crippen LogP contribution in [0.2, 0.25) is 0 Å². The van der Waals surface area contributed by atoms with Crippen molar-refractivity contribution in [3.05, 3.63) is 29.8 Å². The van der Waals surface area contributed by atoms with Crippen molar-refractivity contribution in [3.63, 3.8) is 0 Å². The second kappa shape index (κ2) is 7.25. The topological polar surface area (TPSA) is 44.5 Å². The summed E-state index contributed by atoms with van der Waals surface area (Å²) in [4.78, 5) is 0. The van der Waals surface area contributed by atoms with Crippen molar-refractivity contribution in [1.82, 2.24) is 0 Å². The quantitative estimate of drug-likeness (QED) is 0.569. The van der Waals surface area contributed by atoms with E-state index < -0.39 is 0 Å². The molecule has 0 radical (unpaired) electrons. The van der Waals surface area contributed by atoms with Gasteiger partial charge in [0.15, 0.2) is 0 Å². The number of benzene rings is 1. The zero-order chi connectivity index (χ0) is 11.8. The first-order valence-corrected chi connectivity index (χ1v) is 5.72. The molecule has 0 aliphatic carbocycles. The van der Waals surface area contributed by atoms with Gasteiger partial charge in [0.1, 0.15) is 0 Å². The molecule has 0 amide bonds. The molecule has 0 saturated carbocycles. The number of hydrogen-bond acceptors (Lipinski definition) is 3. The Morgan fingerprint density at radius 1 is 1.06 bits per heavy atom. The maximum atomic E-state index is 5.60. The lowest BCUT2D eigenvalue weighted by molar-refractivity contribution is 0.0204. The maximum absolute atomic E-state index is 5.60. The van der Waals surface area contributed by atoms with Gasteiger partial charge in [0.25, 0.3) is 0 Å². The zero-order valence-corrected chi connectivity index (χ0v) is 10.1. The third kappa shape index (κ3) is 5.73. The first-order valence-electron chi connectivity index (χ1n) is 5.72. The van der Waals surface area contributed by atoms with Gasteiger partial charge in [-0.1, -0.05) is 12.1 Å². The molecule has 16 heavy (non-hydrogen) atoms. The minimum absolute atomic E-state index is 0.278. The van der Waals surface area contributed by atoms with Crippen LogP contribution in [-0.4, -0.2) is 25.9 Å². The zero-order valence-electron chi connectivity index (χ0n) is 10.1. The van der Waals surface area contributed by atoms with E-state index in [-0.39, 0.29) is 6.10 Å². The molecule has 1 aromatic rings. The molecule has 0 aromatic heterocycles. The normalized spacial score (nSPS) is 10.9. The highest BCUT2D eigenvalue weighted by atomic mass is 16.5. The molecular weight excluding hydrogens is 202 g/mol. The van der Waals surface area contributed by atoms with Crippen molar-refractivity contribution in [2.75, 3.05) is 25.6 Å². The molecule has 0 atom stereocenters. The van der Waals surface area contributed by atoms with Crippen LogP contribution in [0.15, 0.2) is 24.3 Å². The summed E-state index contributed by atoms with van der Waals surface area (Å²) in [5.41, 5.74) is 7.65.